The van der Waals surface area contributed by atoms with Gasteiger partial charge in [0.15, 0.2) is 16.4 Å². The van der Waals surface area contributed by atoms with Crippen molar-refractivity contribution in [2.24, 2.45) is 0 Å². The van der Waals surface area contributed by atoms with Crippen molar-refractivity contribution in [2.45, 2.75) is 18.9 Å². The van der Waals surface area contributed by atoms with E-state index in [0.29, 0.717) is 12.2 Å². The molecule has 1 heterocycles. The Morgan fingerprint density at radius 1 is 1.19 bits per heavy atom. The molecule has 0 radical (unpaired) electrons. The van der Waals surface area contributed by atoms with Gasteiger partial charge in [-0.15, -0.1) is 0 Å². The first kappa shape index (κ1) is 19.2. The second-order valence-electron chi connectivity index (χ2n) is 6.93. The fraction of sp³-hybridized carbons (Fsp3) is 0.368. The summed E-state index contributed by atoms with van der Waals surface area (Å²) in [4.78, 5) is 24.5. The minimum Gasteiger partial charge on any atom is -0.496 e. The van der Waals surface area contributed by atoms with E-state index in [4.69, 9.17) is 9.47 Å². The van der Waals surface area contributed by atoms with E-state index < -0.39 is 33.9 Å². The second-order valence-corrected chi connectivity index (χ2v) is 9.11. The van der Waals surface area contributed by atoms with Gasteiger partial charge in [-0.05, 0) is 36.2 Å². The van der Waals surface area contributed by atoms with E-state index in [0.717, 1.165) is 10.8 Å². The van der Waals surface area contributed by atoms with Gasteiger partial charge in [0.25, 0.3) is 5.91 Å². The molecular weight excluding hydrogens is 370 g/mol. The predicted octanol–water partition coefficient (Wildman–Crippen LogP) is 1.70. The zero-order valence-electron chi connectivity index (χ0n) is 15.2. The van der Waals surface area contributed by atoms with Gasteiger partial charge >= 0.3 is 5.97 Å². The van der Waals surface area contributed by atoms with Gasteiger partial charge in [0.2, 0.25) is 0 Å². The maximum atomic E-state index is 12.4. The van der Waals surface area contributed by atoms with Gasteiger partial charge in [-0.1, -0.05) is 24.3 Å². The fourth-order valence-corrected chi connectivity index (χ4v) is 5.33. The molecule has 0 saturated carbocycles. The minimum atomic E-state index is -3.14. The molecule has 1 amide bonds. The highest BCUT2D eigenvalue weighted by molar-refractivity contribution is 7.91. The third kappa shape index (κ3) is 4.39. The molecule has 1 aliphatic rings. The maximum Gasteiger partial charge on any atom is 0.342 e. The van der Waals surface area contributed by atoms with E-state index in [1.54, 1.807) is 19.1 Å². The van der Waals surface area contributed by atoms with E-state index in [1.165, 1.54) is 7.11 Å². The van der Waals surface area contributed by atoms with Crippen molar-refractivity contribution in [1.29, 1.82) is 0 Å². The van der Waals surface area contributed by atoms with Crippen LogP contribution in [0, 0.1) is 0 Å². The molecule has 0 unspecified atom stereocenters. The third-order valence-corrected chi connectivity index (χ3v) is 6.47. The van der Waals surface area contributed by atoms with Crippen LogP contribution < -0.4 is 10.1 Å². The average molecular weight is 391 g/mol. The third-order valence-electron chi connectivity index (χ3n) is 4.57. The predicted molar refractivity (Wildman–Crippen MR) is 101 cm³/mol. The number of esters is 1. The van der Waals surface area contributed by atoms with Gasteiger partial charge < -0.3 is 14.8 Å². The van der Waals surface area contributed by atoms with Crippen LogP contribution in [0.4, 0.5) is 0 Å². The van der Waals surface area contributed by atoms with Crippen LogP contribution in [0.1, 0.15) is 23.7 Å². The van der Waals surface area contributed by atoms with Crippen molar-refractivity contribution in [1.82, 2.24) is 5.32 Å². The lowest BCUT2D eigenvalue weighted by atomic mass is 10.0. The van der Waals surface area contributed by atoms with Gasteiger partial charge in [0, 0.05) is 0 Å². The Kier molecular flexibility index (Phi) is 5.10. The molecule has 2 aromatic rings. The van der Waals surface area contributed by atoms with Crippen LogP contribution in [0.25, 0.3) is 10.8 Å². The van der Waals surface area contributed by atoms with Crippen LogP contribution in [0.5, 0.6) is 5.75 Å². The Balaban J connectivity index is 1.67. The molecular formula is C19H21NO6S. The van der Waals surface area contributed by atoms with E-state index in [1.807, 2.05) is 24.3 Å². The molecule has 27 heavy (non-hydrogen) atoms. The van der Waals surface area contributed by atoms with E-state index >= 15 is 0 Å². The number of fused-ring (bicyclic) bond motifs is 1. The largest absolute Gasteiger partial charge is 0.496 e. The minimum absolute atomic E-state index is 0.0395. The van der Waals surface area contributed by atoms with Crippen LogP contribution in [-0.2, 0) is 19.4 Å². The molecule has 1 N–H and O–H groups in total. The quantitative estimate of drug-likeness (QED) is 0.779. The number of hydrogen-bond donors (Lipinski definition) is 1. The Labute approximate surface area is 157 Å². The van der Waals surface area contributed by atoms with Crippen LogP contribution >= 0.6 is 0 Å². The molecule has 144 valence electrons. The van der Waals surface area contributed by atoms with Gasteiger partial charge in [0.1, 0.15) is 11.3 Å². The summed E-state index contributed by atoms with van der Waals surface area (Å²) in [6.45, 7) is 1.17. The van der Waals surface area contributed by atoms with Crippen molar-refractivity contribution in [3.05, 3.63) is 42.0 Å². The van der Waals surface area contributed by atoms with Crippen molar-refractivity contribution in [3.63, 3.8) is 0 Å². The molecule has 8 heteroatoms. The van der Waals surface area contributed by atoms with Crippen LogP contribution in [-0.4, -0.2) is 51.1 Å². The summed E-state index contributed by atoms with van der Waals surface area (Å²) in [7, 11) is -1.69. The average Bonchev–Trinajstić information content (AvgIpc) is 2.91. The number of carbonyl (C=O) groups excluding carboxylic acids is 2. The molecule has 1 saturated heterocycles. The lowest BCUT2D eigenvalue weighted by Gasteiger charge is -2.23. The van der Waals surface area contributed by atoms with Gasteiger partial charge in [-0.3, -0.25) is 4.79 Å². The first-order chi connectivity index (χ1) is 12.7. The Morgan fingerprint density at radius 3 is 2.44 bits per heavy atom. The monoisotopic (exact) mass is 391 g/mol. The van der Waals surface area contributed by atoms with Gasteiger partial charge in [-0.25, -0.2) is 13.2 Å². The first-order valence-electron chi connectivity index (χ1n) is 8.47. The van der Waals surface area contributed by atoms with E-state index in [2.05, 4.69) is 5.32 Å². The lowest BCUT2D eigenvalue weighted by molar-refractivity contribution is -0.125. The highest BCUT2D eigenvalue weighted by Crippen LogP contribution is 2.27. The van der Waals surface area contributed by atoms with Crippen molar-refractivity contribution < 1.29 is 27.5 Å². The molecule has 0 spiro atoms. The van der Waals surface area contributed by atoms with Crippen LogP contribution in [0.2, 0.25) is 0 Å². The van der Waals surface area contributed by atoms with Gasteiger partial charge in [0.05, 0.1) is 24.2 Å². The molecule has 0 bridgehead atoms. The smallest absolute Gasteiger partial charge is 0.342 e. The molecule has 1 fully saturated rings. The Hall–Kier alpha value is -2.61. The highest BCUT2D eigenvalue weighted by atomic mass is 32.2. The molecule has 1 aliphatic heterocycles. The second kappa shape index (κ2) is 7.19. The standard InChI is InChI=1S/C19H21NO6S/c1-19(7-8-27(23,24)12-19)20-17(21)11-26-18(22)15-9-13-5-3-4-6-14(13)10-16(15)25-2/h3-6,9-10H,7-8,11-12H2,1-2H3,(H,20,21)/t19-/m1/s1. The van der Waals surface area contributed by atoms with E-state index in [-0.39, 0.29) is 17.1 Å². The molecule has 3 rings (SSSR count). The topological polar surface area (TPSA) is 98.8 Å². The molecule has 2 aromatic carbocycles. The first-order valence-corrected chi connectivity index (χ1v) is 10.3. The van der Waals surface area contributed by atoms with Gasteiger partial charge in [-0.2, -0.15) is 0 Å². The zero-order valence-corrected chi connectivity index (χ0v) is 16.0. The summed E-state index contributed by atoms with van der Waals surface area (Å²) in [5.74, 6) is -0.941. The number of ether oxygens (including phenoxy) is 2. The fourth-order valence-electron chi connectivity index (χ4n) is 3.24. The Bertz CT molecular complexity index is 1000. The highest BCUT2D eigenvalue weighted by Gasteiger charge is 2.39. The zero-order chi connectivity index (χ0) is 19.7. The summed E-state index contributed by atoms with van der Waals surface area (Å²) < 4.78 is 33.6. The van der Waals surface area contributed by atoms with Crippen LogP contribution in [0.3, 0.4) is 0 Å². The van der Waals surface area contributed by atoms with Crippen LogP contribution in [0.15, 0.2) is 36.4 Å². The number of rotatable bonds is 5. The number of carbonyl (C=O) groups is 2. The molecule has 7 nitrogen and oxygen atoms in total. The maximum absolute atomic E-state index is 12.4. The van der Waals surface area contributed by atoms with Crippen molar-refractivity contribution >= 4 is 32.5 Å². The SMILES string of the molecule is COc1cc2ccccc2cc1C(=O)OCC(=O)N[C@]1(C)CCS(=O)(=O)C1. The van der Waals surface area contributed by atoms with Crippen molar-refractivity contribution in [2.75, 3.05) is 25.2 Å². The number of sulfone groups is 1. The normalized spacial score (nSPS) is 21.0. The molecule has 0 aliphatic carbocycles. The summed E-state index contributed by atoms with van der Waals surface area (Å²) in [6.07, 6.45) is 0.341. The number of nitrogens with one attached hydrogen (secondary N) is 1. The lowest BCUT2D eigenvalue weighted by Crippen LogP contribution is -2.48. The number of amides is 1. The number of hydrogen-bond acceptors (Lipinski definition) is 6. The Morgan fingerprint density at radius 2 is 1.85 bits per heavy atom. The summed E-state index contributed by atoms with van der Waals surface area (Å²) in [6, 6.07) is 10.9. The summed E-state index contributed by atoms with van der Waals surface area (Å²) >= 11 is 0. The number of benzene rings is 2. The summed E-state index contributed by atoms with van der Waals surface area (Å²) in [5.41, 5.74) is -0.609. The van der Waals surface area contributed by atoms with Crippen molar-refractivity contribution in [3.8, 4) is 5.75 Å². The molecule has 1 atom stereocenters. The molecule has 0 aromatic heterocycles. The van der Waals surface area contributed by atoms with E-state index in [9.17, 15) is 18.0 Å². The summed E-state index contributed by atoms with van der Waals surface area (Å²) in [5, 5.41) is 4.41. The number of methoxy groups -OCH3 is 1.